The van der Waals surface area contributed by atoms with Gasteiger partial charge in [-0.1, -0.05) is 35.8 Å². The molecule has 0 fully saturated rings. The molecule has 1 aromatic carbocycles. The molecular formula is C15H19BrN4. The van der Waals surface area contributed by atoms with E-state index in [1.165, 1.54) is 5.56 Å². The van der Waals surface area contributed by atoms with Crippen LogP contribution in [0.25, 0.3) is 0 Å². The molecule has 20 heavy (non-hydrogen) atoms. The van der Waals surface area contributed by atoms with E-state index in [9.17, 15) is 0 Å². The quantitative estimate of drug-likeness (QED) is 0.866. The third-order valence-electron chi connectivity index (χ3n) is 3.15. The van der Waals surface area contributed by atoms with E-state index < -0.39 is 0 Å². The number of nitrogens with one attached hydrogen (secondary N) is 2. The summed E-state index contributed by atoms with van der Waals surface area (Å²) in [7, 11) is 1.88. The van der Waals surface area contributed by atoms with Crippen LogP contribution in [-0.4, -0.2) is 17.0 Å². The Hall–Kier alpha value is -1.62. The van der Waals surface area contributed by atoms with Gasteiger partial charge in [0.05, 0.1) is 0 Å². The maximum Gasteiger partial charge on any atom is 0.139 e. The van der Waals surface area contributed by atoms with E-state index in [2.05, 4.69) is 69.4 Å². The Morgan fingerprint density at radius 1 is 1.15 bits per heavy atom. The fourth-order valence-electron chi connectivity index (χ4n) is 2.10. The molecule has 0 bridgehead atoms. The van der Waals surface area contributed by atoms with E-state index in [1.807, 2.05) is 13.1 Å². The number of nitrogens with zero attached hydrogens (tertiary/aromatic N) is 2. The second-order valence-corrected chi connectivity index (χ2v) is 5.89. The van der Waals surface area contributed by atoms with Gasteiger partial charge < -0.3 is 10.6 Å². The van der Waals surface area contributed by atoms with E-state index >= 15 is 0 Å². The smallest absolute Gasteiger partial charge is 0.139 e. The zero-order valence-electron chi connectivity index (χ0n) is 12.2. The van der Waals surface area contributed by atoms with Gasteiger partial charge in [-0.3, -0.25) is 0 Å². The minimum Gasteiger partial charge on any atom is -0.373 e. The highest BCUT2D eigenvalue weighted by molar-refractivity contribution is 9.10. The van der Waals surface area contributed by atoms with Gasteiger partial charge in [-0.05, 0) is 30.5 Å². The third kappa shape index (κ3) is 3.10. The van der Waals surface area contributed by atoms with E-state index in [-0.39, 0.29) is 0 Å². The zero-order valence-corrected chi connectivity index (χ0v) is 13.7. The van der Waals surface area contributed by atoms with E-state index in [0.29, 0.717) is 5.92 Å². The summed E-state index contributed by atoms with van der Waals surface area (Å²) in [5.74, 6) is 2.04. The third-order valence-corrected chi connectivity index (χ3v) is 3.64. The Bertz CT molecular complexity index is 611. The summed E-state index contributed by atoms with van der Waals surface area (Å²) in [4.78, 5) is 8.69. The first-order valence-electron chi connectivity index (χ1n) is 6.58. The fraction of sp³-hybridized carbons (Fsp3) is 0.333. The number of hydrogen-bond donors (Lipinski definition) is 2. The first-order chi connectivity index (χ1) is 9.52. The molecule has 0 aliphatic heterocycles. The van der Waals surface area contributed by atoms with Crippen molar-refractivity contribution in [2.24, 2.45) is 0 Å². The number of aromatic nitrogens is 2. The number of aryl methyl sites for hydroxylation is 1. The van der Waals surface area contributed by atoms with Gasteiger partial charge in [0, 0.05) is 22.8 Å². The number of benzene rings is 1. The molecule has 0 aliphatic carbocycles. The van der Waals surface area contributed by atoms with Gasteiger partial charge in [-0.25, -0.2) is 9.97 Å². The molecule has 2 rings (SSSR count). The molecule has 2 N–H and O–H groups in total. The van der Waals surface area contributed by atoms with Crippen molar-refractivity contribution in [1.29, 1.82) is 0 Å². The van der Waals surface area contributed by atoms with Crippen LogP contribution in [0.2, 0.25) is 0 Å². The largest absolute Gasteiger partial charge is 0.373 e. The Kier molecular flexibility index (Phi) is 4.60. The lowest BCUT2D eigenvalue weighted by Gasteiger charge is -2.17. The summed E-state index contributed by atoms with van der Waals surface area (Å²) in [5, 5.41) is 6.55. The normalized spacial score (nSPS) is 10.7. The Balaban J connectivity index is 2.45. The fourth-order valence-corrected chi connectivity index (χ4v) is 2.46. The van der Waals surface area contributed by atoms with Gasteiger partial charge in [0.2, 0.25) is 0 Å². The molecule has 0 saturated heterocycles. The van der Waals surface area contributed by atoms with Gasteiger partial charge in [0.1, 0.15) is 18.0 Å². The number of halogens is 1. The van der Waals surface area contributed by atoms with Crippen LogP contribution in [0.5, 0.6) is 0 Å². The van der Waals surface area contributed by atoms with Gasteiger partial charge >= 0.3 is 0 Å². The predicted octanol–water partition coefficient (Wildman–Crippen LogP) is 4.46. The molecule has 1 heterocycles. The van der Waals surface area contributed by atoms with Crippen molar-refractivity contribution in [3.63, 3.8) is 0 Å². The average molecular weight is 335 g/mol. The lowest BCUT2D eigenvalue weighted by Crippen LogP contribution is -2.07. The molecule has 0 amide bonds. The second kappa shape index (κ2) is 6.22. The number of anilines is 3. The minimum absolute atomic E-state index is 0.327. The van der Waals surface area contributed by atoms with E-state index in [0.717, 1.165) is 27.4 Å². The maximum atomic E-state index is 4.40. The molecule has 0 saturated carbocycles. The molecule has 0 aliphatic rings. The van der Waals surface area contributed by atoms with Crippen LogP contribution < -0.4 is 10.6 Å². The van der Waals surface area contributed by atoms with Gasteiger partial charge in [-0.15, -0.1) is 0 Å². The van der Waals surface area contributed by atoms with Crippen molar-refractivity contribution < 1.29 is 0 Å². The summed E-state index contributed by atoms with van der Waals surface area (Å²) in [5.41, 5.74) is 3.31. The SMILES string of the molecule is CNc1ncnc(Nc2cc(Br)ccc2C)c1C(C)C. The van der Waals surface area contributed by atoms with Crippen molar-refractivity contribution in [3.05, 3.63) is 40.1 Å². The molecule has 2 aromatic rings. The van der Waals surface area contributed by atoms with E-state index in [1.54, 1.807) is 6.33 Å². The molecular weight excluding hydrogens is 316 g/mol. The van der Waals surface area contributed by atoms with Crippen molar-refractivity contribution >= 4 is 33.3 Å². The second-order valence-electron chi connectivity index (χ2n) is 4.97. The summed E-state index contributed by atoms with van der Waals surface area (Å²) >= 11 is 3.50. The highest BCUT2D eigenvalue weighted by Crippen LogP contribution is 2.31. The predicted molar refractivity (Wildman–Crippen MR) is 87.8 cm³/mol. The van der Waals surface area contributed by atoms with Gasteiger partial charge in [0.25, 0.3) is 0 Å². The molecule has 0 radical (unpaired) electrons. The van der Waals surface area contributed by atoms with Crippen molar-refractivity contribution in [1.82, 2.24) is 9.97 Å². The van der Waals surface area contributed by atoms with Crippen LogP contribution in [0.1, 0.15) is 30.9 Å². The monoisotopic (exact) mass is 334 g/mol. The molecule has 5 heteroatoms. The Morgan fingerprint density at radius 2 is 1.85 bits per heavy atom. The van der Waals surface area contributed by atoms with Crippen LogP contribution in [0.3, 0.4) is 0 Å². The Morgan fingerprint density at radius 3 is 2.50 bits per heavy atom. The number of rotatable bonds is 4. The summed E-state index contributed by atoms with van der Waals surface area (Å²) in [6.07, 6.45) is 1.58. The van der Waals surface area contributed by atoms with Crippen LogP contribution >= 0.6 is 15.9 Å². The van der Waals surface area contributed by atoms with Crippen LogP contribution in [0.15, 0.2) is 29.0 Å². The molecule has 0 spiro atoms. The summed E-state index contributed by atoms with van der Waals surface area (Å²) < 4.78 is 1.04. The molecule has 1 aromatic heterocycles. The highest BCUT2D eigenvalue weighted by Gasteiger charge is 2.14. The van der Waals surface area contributed by atoms with Crippen molar-refractivity contribution in [3.8, 4) is 0 Å². The topological polar surface area (TPSA) is 49.8 Å². The molecule has 0 atom stereocenters. The minimum atomic E-state index is 0.327. The van der Waals surface area contributed by atoms with Crippen molar-refractivity contribution in [2.45, 2.75) is 26.7 Å². The number of hydrogen-bond acceptors (Lipinski definition) is 4. The first-order valence-corrected chi connectivity index (χ1v) is 7.38. The summed E-state index contributed by atoms with van der Waals surface area (Å²) in [6.45, 7) is 6.35. The highest BCUT2D eigenvalue weighted by atomic mass is 79.9. The van der Waals surface area contributed by atoms with Crippen LogP contribution in [0.4, 0.5) is 17.3 Å². The van der Waals surface area contributed by atoms with Crippen molar-refractivity contribution in [2.75, 3.05) is 17.7 Å². The van der Waals surface area contributed by atoms with Gasteiger partial charge in [0.15, 0.2) is 0 Å². The van der Waals surface area contributed by atoms with E-state index in [4.69, 9.17) is 0 Å². The molecule has 106 valence electrons. The lowest BCUT2D eigenvalue weighted by molar-refractivity contribution is 0.852. The standard InChI is InChI=1S/C15H19BrN4/c1-9(2)13-14(17-4)18-8-19-15(13)20-12-7-11(16)6-5-10(12)3/h5-9H,1-4H3,(H2,17,18,19,20). The molecule has 0 unspecified atom stereocenters. The molecule has 4 nitrogen and oxygen atoms in total. The lowest BCUT2D eigenvalue weighted by atomic mass is 10.0. The van der Waals surface area contributed by atoms with Gasteiger partial charge in [-0.2, -0.15) is 0 Å². The Labute approximate surface area is 128 Å². The average Bonchev–Trinajstić information content (AvgIpc) is 2.42. The first kappa shape index (κ1) is 14.8. The zero-order chi connectivity index (χ0) is 14.7. The van der Waals surface area contributed by atoms with Crippen LogP contribution in [-0.2, 0) is 0 Å². The summed E-state index contributed by atoms with van der Waals surface area (Å²) in [6, 6.07) is 6.16. The maximum absolute atomic E-state index is 4.40. The van der Waals surface area contributed by atoms with Crippen LogP contribution in [0, 0.1) is 6.92 Å².